The summed E-state index contributed by atoms with van der Waals surface area (Å²) in [5.41, 5.74) is 1.58. The Labute approximate surface area is 167 Å². The zero-order valence-electron chi connectivity index (χ0n) is 15.0. The van der Waals surface area contributed by atoms with E-state index >= 15 is 0 Å². The smallest absolute Gasteiger partial charge is 0.326 e. The molecule has 27 heavy (non-hydrogen) atoms. The Morgan fingerprint density at radius 3 is 2.63 bits per heavy atom. The second kappa shape index (κ2) is 10.5. The highest BCUT2D eigenvalue weighted by Gasteiger charge is 2.19. The quantitative estimate of drug-likeness (QED) is 0.586. The van der Waals surface area contributed by atoms with Crippen molar-refractivity contribution >= 4 is 33.9 Å². The van der Waals surface area contributed by atoms with Gasteiger partial charge in [-0.15, -0.1) is 0 Å². The fourth-order valence-electron chi connectivity index (χ4n) is 2.43. The van der Waals surface area contributed by atoms with Gasteiger partial charge in [0.1, 0.15) is 11.8 Å². The van der Waals surface area contributed by atoms with E-state index in [0.29, 0.717) is 12.4 Å². The highest BCUT2D eigenvalue weighted by molar-refractivity contribution is 9.10. The van der Waals surface area contributed by atoms with Gasteiger partial charge in [0.05, 0.1) is 6.61 Å². The summed E-state index contributed by atoms with van der Waals surface area (Å²) >= 11 is 3.40. The summed E-state index contributed by atoms with van der Waals surface area (Å²) in [6.45, 7) is 2.59. The molecule has 1 amide bonds. The molecule has 1 atom stereocenters. The zero-order chi connectivity index (χ0) is 19.6. The third-order valence-electron chi connectivity index (χ3n) is 3.75. The van der Waals surface area contributed by atoms with Gasteiger partial charge in [0.2, 0.25) is 5.91 Å². The Bertz CT molecular complexity index is 805. The van der Waals surface area contributed by atoms with Crippen molar-refractivity contribution in [3.8, 4) is 5.75 Å². The van der Waals surface area contributed by atoms with E-state index in [1.165, 1.54) is 6.08 Å². The van der Waals surface area contributed by atoms with Gasteiger partial charge in [-0.25, -0.2) is 4.79 Å². The molecule has 5 nitrogen and oxygen atoms in total. The molecule has 0 fully saturated rings. The zero-order valence-corrected chi connectivity index (χ0v) is 16.6. The number of nitrogens with one attached hydrogen (secondary N) is 1. The average Bonchev–Trinajstić information content (AvgIpc) is 2.66. The van der Waals surface area contributed by atoms with Crippen molar-refractivity contribution in [1.82, 2.24) is 5.32 Å². The van der Waals surface area contributed by atoms with Crippen molar-refractivity contribution in [2.45, 2.75) is 25.8 Å². The van der Waals surface area contributed by atoms with Crippen LogP contribution in [-0.4, -0.2) is 29.6 Å². The topological polar surface area (TPSA) is 75.6 Å². The van der Waals surface area contributed by atoms with Gasteiger partial charge in [0.25, 0.3) is 0 Å². The Kier molecular flexibility index (Phi) is 8.07. The number of benzene rings is 2. The lowest BCUT2D eigenvalue weighted by Gasteiger charge is -2.13. The highest BCUT2D eigenvalue weighted by Crippen LogP contribution is 2.24. The van der Waals surface area contributed by atoms with Crippen molar-refractivity contribution in [2.75, 3.05) is 6.61 Å². The molecule has 0 saturated carbocycles. The van der Waals surface area contributed by atoms with Crippen LogP contribution in [0.1, 0.15) is 24.5 Å². The van der Waals surface area contributed by atoms with Gasteiger partial charge in [-0.05, 0) is 36.3 Å². The summed E-state index contributed by atoms with van der Waals surface area (Å²) in [7, 11) is 0. The fraction of sp³-hybridized carbons (Fsp3) is 0.238. The van der Waals surface area contributed by atoms with Crippen LogP contribution in [0.4, 0.5) is 0 Å². The lowest BCUT2D eigenvalue weighted by molar-refractivity contribution is -0.141. The molecule has 0 aliphatic carbocycles. The maximum Gasteiger partial charge on any atom is 0.326 e. The number of rotatable bonds is 9. The first-order chi connectivity index (χ1) is 13.0. The summed E-state index contributed by atoms with van der Waals surface area (Å²) in [4.78, 5) is 23.7. The molecule has 0 aliphatic rings. The molecule has 0 bridgehead atoms. The first-order valence-corrected chi connectivity index (χ1v) is 9.46. The van der Waals surface area contributed by atoms with Gasteiger partial charge in [-0.2, -0.15) is 0 Å². The van der Waals surface area contributed by atoms with E-state index < -0.39 is 17.9 Å². The minimum atomic E-state index is -1.07. The van der Waals surface area contributed by atoms with Crippen LogP contribution in [0.3, 0.4) is 0 Å². The van der Waals surface area contributed by atoms with Crippen LogP contribution >= 0.6 is 15.9 Å². The molecule has 0 unspecified atom stereocenters. The minimum absolute atomic E-state index is 0.220. The van der Waals surface area contributed by atoms with E-state index in [1.54, 1.807) is 6.08 Å². The van der Waals surface area contributed by atoms with Gasteiger partial charge < -0.3 is 15.2 Å². The number of aliphatic carboxylic acids is 1. The van der Waals surface area contributed by atoms with Crippen LogP contribution in [0, 0.1) is 0 Å². The van der Waals surface area contributed by atoms with Crippen LogP contribution in [0.15, 0.2) is 59.1 Å². The Morgan fingerprint density at radius 2 is 1.96 bits per heavy atom. The molecule has 0 radical (unpaired) electrons. The Morgan fingerprint density at radius 1 is 1.22 bits per heavy atom. The van der Waals surface area contributed by atoms with Crippen LogP contribution in [0.25, 0.3) is 6.08 Å². The molecule has 0 heterocycles. The predicted molar refractivity (Wildman–Crippen MR) is 109 cm³/mol. The molecular formula is C21H22BrNO4. The Balaban J connectivity index is 2.06. The molecule has 2 rings (SSSR count). The van der Waals surface area contributed by atoms with E-state index in [1.807, 2.05) is 55.5 Å². The number of hydrogen-bond acceptors (Lipinski definition) is 3. The van der Waals surface area contributed by atoms with Crippen molar-refractivity contribution in [3.05, 3.63) is 70.2 Å². The van der Waals surface area contributed by atoms with Gasteiger partial charge >= 0.3 is 5.97 Å². The maximum absolute atomic E-state index is 12.2. The third-order valence-corrected chi connectivity index (χ3v) is 4.24. The predicted octanol–water partition coefficient (Wildman–Crippen LogP) is 4.06. The number of carbonyl (C=O) groups excluding carboxylic acids is 1. The van der Waals surface area contributed by atoms with E-state index in [0.717, 1.165) is 22.0 Å². The van der Waals surface area contributed by atoms with Crippen molar-refractivity contribution in [3.63, 3.8) is 0 Å². The fourth-order valence-corrected chi connectivity index (χ4v) is 2.81. The number of halogens is 1. The summed E-state index contributed by atoms with van der Waals surface area (Å²) in [6, 6.07) is 13.7. The van der Waals surface area contributed by atoms with E-state index in [2.05, 4.69) is 21.2 Å². The van der Waals surface area contributed by atoms with Crippen LogP contribution in [-0.2, 0) is 16.0 Å². The SMILES string of the molecule is CCCOc1ccc(Br)cc1/C=C/C(=O)N[C@H](Cc1ccccc1)C(=O)O. The number of hydrogen-bond donors (Lipinski definition) is 2. The molecule has 0 spiro atoms. The molecular weight excluding hydrogens is 410 g/mol. The number of amides is 1. The summed E-state index contributed by atoms with van der Waals surface area (Å²) in [5.74, 6) is -0.877. The van der Waals surface area contributed by atoms with Crippen molar-refractivity contribution < 1.29 is 19.4 Å². The van der Waals surface area contributed by atoms with E-state index in [4.69, 9.17) is 4.74 Å². The van der Waals surface area contributed by atoms with Crippen molar-refractivity contribution in [1.29, 1.82) is 0 Å². The summed E-state index contributed by atoms with van der Waals surface area (Å²) < 4.78 is 6.53. The van der Waals surface area contributed by atoms with Gasteiger partial charge in [0.15, 0.2) is 0 Å². The minimum Gasteiger partial charge on any atom is -0.493 e. The molecule has 0 aliphatic heterocycles. The molecule has 2 aromatic rings. The second-order valence-electron chi connectivity index (χ2n) is 5.95. The third kappa shape index (κ3) is 6.90. The number of carboxylic acid groups (broad SMARTS) is 1. The lowest BCUT2D eigenvalue weighted by atomic mass is 10.1. The van der Waals surface area contributed by atoms with Crippen LogP contribution in [0.5, 0.6) is 5.75 Å². The first-order valence-electron chi connectivity index (χ1n) is 8.67. The number of carbonyl (C=O) groups is 2. The molecule has 0 aromatic heterocycles. The van der Waals surface area contributed by atoms with Crippen LogP contribution < -0.4 is 10.1 Å². The molecule has 2 N–H and O–H groups in total. The largest absolute Gasteiger partial charge is 0.493 e. The maximum atomic E-state index is 12.2. The summed E-state index contributed by atoms with van der Waals surface area (Å²) in [5, 5.41) is 11.9. The molecule has 0 saturated heterocycles. The summed E-state index contributed by atoms with van der Waals surface area (Å²) in [6.07, 6.45) is 4.03. The number of carboxylic acids is 1. The molecule has 6 heteroatoms. The monoisotopic (exact) mass is 431 g/mol. The Hall–Kier alpha value is -2.60. The van der Waals surface area contributed by atoms with Crippen LogP contribution in [0.2, 0.25) is 0 Å². The lowest BCUT2D eigenvalue weighted by Crippen LogP contribution is -2.41. The first kappa shape index (κ1) is 20.7. The normalized spacial score (nSPS) is 11.9. The molecule has 142 valence electrons. The van der Waals surface area contributed by atoms with Crippen molar-refractivity contribution in [2.24, 2.45) is 0 Å². The second-order valence-corrected chi connectivity index (χ2v) is 6.87. The highest BCUT2D eigenvalue weighted by atomic mass is 79.9. The average molecular weight is 432 g/mol. The van der Waals surface area contributed by atoms with E-state index in [9.17, 15) is 14.7 Å². The number of ether oxygens (including phenoxy) is 1. The van der Waals surface area contributed by atoms with Gasteiger partial charge in [-0.3, -0.25) is 4.79 Å². The van der Waals surface area contributed by atoms with Gasteiger partial charge in [-0.1, -0.05) is 53.2 Å². The van der Waals surface area contributed by atoms with E-state index in [-0.39, 0.29) is 6.42 Å². The molecule has 2 aromatic carbocycles. The van der Waals surface area contributed by atoms with Gasteiger partial charge in [0, 0.05) is 22.5 Å². The standard InChI is InChI=1S/C21H22BrNO4/c1-2-12-27-19-10-9-17(22)14-16(19)8-11-20(24)23-18(21(25)26)13-15-6-4-3-5-7-15/h3-11,14,18H,2,12-13H2,1H3,(H,23,24)(H,25,26)/b11-8+/t18-/m1/s1.